The van der Waals surface area contributed by atoms with Gasteiger partial charge in [-0.05, 0) is 25.7 Å². The van der Waals surface area contributed by atoms with Crippen molar-refractivity contribution >= 4 is 5.91 Å². The Morgan fingerprint density at radius 2 is 2.32 bits per heavy atom. The number of carbonyl (C=O) groups is 1. The van der Waals surface area contributed by atoms with Crippen molar-refractivity contribution in [3.63, 3.8) is 0 Å². The fourth-order valence-corrected chi connectivity index (χ4v) is 3.63. The molecule has 22 heavy (non-hydrogen) atoms. The summed E-state index contributed by atoms with van der Waals surface area (Å²) < 4.78 is 7.41. The minimum atomic E-state index is 0.213. The summed E-state index contributed by atoms with van der Waals surface area (Å²) in [5.41, 5.74) is 3.54. The molecule has 1 aromatic heterocycles. The lowest BCUT2D eigenvalue weighted by Gasteiger charge is -2.33. The number of methoxy groups -OCH3 is 1. The largest absolute Gasteiger partial charge is 0.384 e. The summed E-state index contributed by atoms with van der Waals surface area (Å²) in [6.45, 7) is 1.98. The van der Waals surface area contributed by atoms with Gasteiger partial charge in [-0.15, -0.1) is 0 Å². The Balaban J connectivity index is 1.72. The van der Waals surface area contributed by atoms with Crippen LogP contribution in [0.2, 0.25) is 0 Å². The summed E-state index contributed by atoms with van der Waals surface area (Å²) in [7, 11) is 3.72. The summed E-state index contributed by atoms with van der Waals surface area (Å²) >= 11 is 0. The van der Waals surface area contributed by atoms with Gasteiger partial charge >= 0.3 is 0 Å². The third-order valence-corrected chi connectivity index (χ3v) is 4.71. The molecule has 1 aromatic rings. The monoisotopic (exact) mass is 303 g/mol. The van der Waals surface area contributed by atoms with Gasteiger partial charge in [-0.25, -0.2) is 4.98 Å². The zero-order valence-corrected chi connectivity index (χ0v) is 13.5. The lowest BCUT2D eigenvalue weighted by atomic mass is 9.95. The average molecular weight is 303 g/mol. The minimum Gasteiger partial charge on any atom is -0.384 e. The van der Waals surface area contributed by atoms with Gasteiger partial charge in [0.05, 0.1) is 25.2 Å². The van der Waals surface area contributed by atoms with Crippen LogP contribution in [-0.2, 0) is 23.1 Å². The number of hydrogen-bond donors (Lipinski definition) is 0. The molecule has 0 N–H and O–H groups in total. The average Bonchev–Trinajstić information content (AvgIpc) is 2.90. The maximum absolute atomic E-state index is 12.6. The first-order chi connectivity index (χ1) is 10.7. The predicted octanol–water partition coefficient (Wildman–Crippen LogP) is 2.38. The summed E-state index contributed by atoms with van der Waals surface area (Å²) in [6, 6.07) is 0. The number of allylic oxidation sites excluding steroid dienone is 1. The molecule has 5 nitrogen and oxygen atoms in total. The third-order valence-electron chi connectivity index (χ3n) is 4.71. The van der Waals surface area contributed by atoms with Crippen molar-refractivity contribution in [1.82, 2.24) is 14.5 Å². The molecule has 1 aliphatic carbocycles. The highest BCUT2D eigenvalue weighted by Gasteiger charge is 2.31. The predicted molar refractivity (Wildman–Crippen MR) is 84.4 cm³/mol. The second-order valence-electron chi connectivity index (χ2n) is 6.40. The maximum Gasteiger partial charge on any atom is 0.227 e. The molecule has 0 aromatic carbocycles. The number of rotatable bonds is 4. The van der Waals surface area contributed by atoms with E-state index in [4.69, 9.17) is 4.74 Å². The van der Waals surface area contributed by atoms with Gasteiger partial charge in [-0.3, -0.25) is 4.79 Å². The second kappa shape index (κ2) is 6.65. The number of aromatic nitrogens is 2. The molecule has 3 rings (SSSR count). The zero-order valence-electron chi connectivity index (χ0n) is 13.5. The van der Waals surface area contributed by atoms with Crippen LogP contribution in [0.25, 0.3) is 0 Å². The molecule has 0 radical (unpaired) electrons. The number of amides is 1. The normalized spacial score (nSPS) is 21.5. The van der Waals surface area contributed by atoms with Crippen LogP contribution in [0.5, 0.6) is 0 Å². The van der Waals surface area contributed by atoms with Crippen LogP contribution in [0, 0.1) is 0 Å². The zero-order chi connectivity index (χ0) is 15.5. The first-order valence-corrected chi connectivity index (χ1v) is 8.13. The van der Waals surface area contributed by atoms with Gasteiger partial charge in [0.1, 0.15) is 0 Å². The van der Waals surface area contributed by atoms with Crippen molar-refractivity contribution in [2.24, 2.45) is 7.05 Å². The van der Waals surface area contributed by atoms with Gasteiger partial charge in [0, 0.05) is 38.7 Å². The number of aryl methyl sites for hydroxylation is 1. The van der Waals surface area contributed by atoms with Crippen molar-refractivity contribution in [3.05, 3.63) is 29.4 Å². The quantitative estimate of drug-likeness (QED) is 0.802. The molecule has 1 atom stereocenters. The molecule has 2 heterocycles. The number of carbonyl (C=O) groups excluding carboxylic acids is 1. The summed E-state index contributed by atoms with van der Waals surface area (Å²) in [5.74, 6) is 0.441. The highest BCUT2D eigenvalue weighted by Crippen LogP contribution is 2.29. The number of imidazole rings is 1. The van der Waals surface area contributed by atoms with E-state index in [-0.39, 0.29) is 11.8 Å². The first-order valence-electron chi connectivity index (χ1n) is 8.13. The Bertz CT molecular complexity index is 576. The SMILES string of the molecule is COCC1CN(C(=O)CC2=CCCCC2)Cc2ncn(C)c21. The van der Waals surface area contributed by atoms with Crippen LogP contribution in [0.4, 0.5) is 0 Å². The first kappa shape index (κ1) is 15.3. The molecular weight excluding hydrogens is 278 g/mol. The van der Waals surface area contributed by atoms with E-state index in [9.17, 15) is 4.79 Å². The number of fused-ring (bicyclic) bond motifs is 1. The Morgan fingerprint density at radius 1 is 1.45 bits per heavy atom. The molecule has 1 amide bonds. The van der Waals surface area contributed by atoms with Crippen molar-refractivity contribution in [1.29, 1.82) is 0 Å². The van der Waals surface area contributed by atoms with Crippen molar-refractivity contribution in [3.8, 4) is 0 Å². The molecule has 0 fully saturated rings. The Morgan fingerprint density at radius 3 is 3.05 bits per heavy atom. The lowest BCUT2D eigenvalue weighted by Crippen LogP contribution is -2.40. The Kier molecular flexibility index (Phi) is 4.62. The van der Waals surface area contributed by atoms with E-state index < -0.39 is 0 Å². The number of hydrogen-bond acceptors (Lipinski definition) is 3. The van der Waals surface area contributed by atoms with Gasteiger partial charge < -0.3 is 14.2 Å². The van der Waals surface area contributed by atoms with Crippen LogP contribution in [0.1, 0.15) is 49.4 Å². The van der Waals surface area contributed by atoms with Gasteiger partial charge in [0.25, 0.3) is 0 Å². The molecule has 120 valence electrons. The van der Waals surface area contributed by atoms with Crippen LogP contribution < -0.4 is 0 Å². The highest BCUT2D eigenvalue weighted by molar-refractivity contribution is 5.79. The van der Waals surface area contributed by atoms with Crippen LogP contribution in [0.15, 0.2) is 18.0 Å². The van der Waals surface area contributed by atoms with Crippen LogP contribution in [0.3, 0.4) is 0 Å². The van der Waals surface area contributed by atoms with Gasteiger partial charge in [-0.1, -0.05) is 11.6 Å². The molecule has 0 saturated carbocycles. The van der Waals surface area contributed by atoms with E-state index in [0.29, 0.717) is 19.6 Å². The second-order valence-corrected chi connectivity index (χ2v) is 6.40. The number of ether oxygens (including phenoxy) is 1. The molecule has 0 bridgehead atoms. The molecule has 1 aliphatic heterocycles. The van der Waals surface area contributed by atoms with E-state index in [1.165, 1.54) is 24.1 Å². The Labute approximate surface area is 132 Å². The van der Waals surface area contributed by atoms with Crippen molar-refractivity contribution in [2.45, 2.75) is 44.6 Å². The van der Waals surface area contributed by atoms with E-state index in [1.54, 1.807) is 7.11 Å². The van der Waals surface area contributed by atoms with E-state index in [0.717, 1.165) is 25.1 Å². The molecule has 0 spiro atoms. The summed E-state index contributed by atoms with van der Waals surface area (Å²) in [6.07, 6.45) is 9.34. The van der Waals surface area contributed by atoms with Crippen LogP contribution >= 0.6 is 0 Å². The van der Waals surface area contributed by atoms with Crippen molar-refractivity contribution < 1.29 is 9.53 Å². The van der Waals surface area contributed by atoms with Gasteiger partial charge in [-0.2, -0.15) is 0 Å². The lowest BCUT2D eigenvalue weighted by molar-refractivity contribution is -0.132. The highest BCUT2D eigenvalue weighted by atomic mass is 16.5. The molecule has 1 unspecified atom stereocenters. The van der Waals surface area contributed by atoms with Gasteiger partial charge in [0.2, 0.25) is 5.91 Å². The van der Waals surface area contributed by atoms with Crippen molar-refractivity contribution in [2.75, 3.05) is 20.3 Å². The van der Waals surface area contributed by atoms with E-state index in [1.807, 2.05) is 18.3 Å². The smallest absolute Gasteiger partial charge is 0.227 e. The fourth-order valence-electron chi connectivity index (χ4n) is 3.63. The fraction of sp³-hybridized carbons (Fsp3) is 0.647. The minimum absolute atomic E-state index is 0.213. The van der Waals surface area contributed by atoms with E-state index in [2.05, 4.69) is 15.6 Å². The Hall–Kier alpha value is -1.62. The molecular formula is C17H25N3O2. The summed E-state index contributed by atoms with van der Waals surface area (Å²) in [5, 5.41) is 0. The molecule has 5 heteroatoms. The molecule has 2 aliphatic rings. The molecule has 0 saturated heterocycles. The topological polar surface area (TPSA) is 47.4 Å². The number of nitrogens with zero attached hydrogens (tertiary/aromatic N) is 3. The maximum atomic E-state index is 12.6. The standard InChI is InChI=1S/C17H25N3O2/c1-19-12-18-15-10-20(9-14(11-22-2)17(15)19)16(21)8-13-6-4-3-5-7-13/h6,12,14H,3-5,7-11H2,1-2H3. The van der Waals surface area contributed by atoms with Gasteiger partial charge in [0.15, 0.2) is 0 Å². The summed E-state index contributed by atoms with van der Waals surface area (Å²) in [4.78, 5) is 19.1. The third kappa shape index (κ3) is 3.09. The van der Waals surface area contributed by atoms with E-state index >= 15 is 0 Å². The van der Waals surface area contributed by atoms with Crippen LogP contribution in [-0.4, -0.2) is 40.6 Å².